The van der Waals surface area contributed by atoms with Crippen LogP contribution in [-0.4, -0.2) is 19.7 Å². The molecule has 0 spiro atoms. The fraction of sp³-hybridized carbons (Fsp3) is 0. The summed E-state index contributed by atoms with van der Waals surface area (Å²) >= 11 is 11.0. The Balaban J connectivity index is 2.28. The van der Waals surface area contributed by atoms with Crippen molar-refractivity contribution in [2.24, 2.45) is 0 Å². The number of fused-ring (bicyclic) bond motifs is 1. The van der Waals surface area contributed by atoms with E-state index >= 15 is 0 Å². The quantitative estimate of drug-likeness (QED) is 0.686. The highest BCUT2D eigenvalue weighted by Gasteiger charge is 2.06. The van der Waals surface area contributed by atoms with E-state index < -0.39 is 0 Å². The highest BCUT2D eigenvalue weighted by Crippen LogP contribution is 2.18. The first kappa shape index (κ1) is 10.4. The molecule has 0 unspecified atom stereocenters. The molecule has 0 radical (unpaired) electrons. The average molecular weight is 263 g/mol. The molecule has 3 aromatic rings. The zero-order chi connectivity index (χ0) is 11.8. The number of aromatic amines is 1. The number of benzene rings is 1. The van der Waals surface area contributed by atoms with Gasteiger partial charge in [-0.15, -0.1) is 0 Å². The molecule has 2 aromatic heterocycles. The Kier molecular flexibility index (Phi) is 2.42. The van der Waals surface area contributed by atoms with Crippen molar-refractivity contribution in [1.29, 1.82) is 0 Å². The molecular formula is C11H7ClN4S. The molecule has 3 rings (SSSR count). The standard InChI is InChI=1S/C11H7ClN4S/c12-7-1-3-8(4-2-7)16-10-9(5-15-16)11(17)14-6-13-10/h1-6H,(H,13,14,17). The van der Waals surface area contributed by atoms with E-state index in [2.05, 4.69) is 15.1 Å². The van der Waals surface area contributed by atoms with E-state index in [0.717, 1.165) is 16.7 Å². The lowest BCUT2D eigenvalue weighted by molar-refractivity contribution is 0.895. The molecule has 84 valence electrons. The molecule has 0 aliphatic carbocycles. The van der Waals surface area contributed by atoms with E-state index in [9.17, 15) is 0 Å². The lowest BCUT2D eigenvalue weighted by Gasteiger charge is -2.02. The Hall–Kier alpha value is -1.72. The van der Waals surface area contributed by atoms with E-state index in [1.165, 1.54) is 0 Å². The molecule has 0 fully saturated rings. The SMILES string of the molecule is S=c1nc[nH]c2c1cnn2-c1ccc(Cl)cc1. The summed E-state index contributed by atoms with van der Waals surface area (Å²) in [6.45, 7) is 0. The number of nitrogens with one attached hydrogen (secondary N) is 1. The van der Waals surface area contributed by atoms with Gasteiger partial charge in [-0.3, -0.25) is 0 Å². The van der Waals surface area contributed by atoms with Crippen LogP contribution >= 0.6 is 23.8 Å². The summed E-state index contributed by atoms with van der Waals surface area (Å²) < 4.78 is 2.31. The van der Waals surface area contributed by atoms with Gasteiger partial charge in [0.05, 0.1) is 23.6 Å². The fourth-order valence-electron chi connectivity index (χ4n) is 1.64. The van der Waals surface area contributed by atoms with E-state index in [0.29, 0.717) is 9.66 Å². The molecule has 0 atom stereocenters. The van der Waals surface area contributed by atoms with E-state index in [1.807, 2.05) is 24.3 Å². The topological polar surface area (TPSA) is 46.5 Å². The second kappa shape index (κ2) is 3.94. The van der Waals surface area contributed by atoms with E-state index in [1.54, 1.807) is 17.2 Å². The Morgan fingerprint density at radius 3 is 2.76 bits per heavy atom. The lowest BCUT2D eigenvalue weighted by atomic mass is 10.3. The Morgan fingerprint density at radius 2 is 2.00 bits per heavy atom. The molecule has 4 nitrogen and oxygen atoms in total. The molecule has 0 amide bonds. The zero-order valence-corrected chi connectivity index (χ0v) is 10.2. The number of halogens is 1. The normalized spacial score (nSPS) is 10.9. The van der Waals surface area contributed by atoms with Gasteiger partial charge in [0.15, 0.2) is 0 Å². The van der Waals surface area contributed by atoms with Gasteiger partial charge in [-0.25, -0.2) is 9.67 Å². The molecular weight excluding hydrogens is 256 g/mol. The van der Waals surface area contributed by atoms with Gasteiger partial charge in [0.2, 0.25) is 0 Å². The van der Waals surface area contributed by atoms with Crippen molar-refractivity contribution in [3.63, 3.8) is 0 Å². The van der Waals surface area contributed by atoms with Crippen LogP contribution in [0.4, 0.5) is 0 Å². The molecule has 1 N–H and O–H groups in total. The molecule has 17 heavy (non-hydrogen) atoms. The Labute approximate surface area is 107 Å². The van der Waals surface area contributed by atoms with Crippen LogP contribution in [0.5, 0.6) is 0 Å². The molecule has 0 aliphatic rings. The second-order valence-corrected chi connectivity index (χ2v) is 4.33. The predicted octanol–water partition coefficient (Wildman–Crippen LogP) is 3.13. The number of hydrogen-bond donors (Lipinski definition) is 1. The maximum atomic E-state index is 5.85. The molecule has 0 aliphatic heterocycles. The van der Waals surface area contributed by atoms with Crippen LogP contribution in [0.2, 0.25) is 5.02 Å². The van der Waals surface area contributed by atoms with Crippen LogP contribution < -0.4 is 0 Å². The fourth-order valence-corrected chi connectivity index (χ4v) is 1.97. The third-order valence-electron chi connectivity index (χ3n) is 2.45. The van der Waals surface area contributed by atoms with Gasteiger partial charge < -0.3 is 4.98 Å². The maximum Gasteiger partial charge on any atom is 0.145 e. The van der Waals surface area contributed by atoms with Crippen molar-refractivity contribution in [3.8, 4) is 5.69 Å². The van der Waals surface area contributed by atoms with Gasteiger partial charge in [-0.05, 0) is 24.3 Å². The van der Waals surface area contributed by atoms with Crippen LogP contribution in [0.25, 0.3) is 16.7 Å². The van der Waals surface area contributed by atoms with Crippen LogP contribution in [0, 0.1) is 4.64 Å². The highest BCUT2D eigenvalue weighted by molar-refractivity contribution is 7.71. The molecule has 2 heterocycles. The molecule has 6 heteroatoms. The second-order valence-electron chi connectivity index (χ2n) is 3.50. The van der Waals surface area contributed by atoms with Crippen molar-refractivity contribution < 1.29 is 0 Å². The zero-order valence-electron chi connectivity index (χ0n) is 8.59. The number of hydrogen-bond acceptors (Lipinski definition) is 3. The van der Waals surface area contributed by atoms with E-state index in [-0.39, 0.29) is 0 Å². The van der Waals surface area contributed by atoms with Crippen molar-refractivity contribution >= 4 is 34.9 Å². The maximum absolute atomic E-state index is 5.85. The van der Waals surface area contributed by atoms with Gasteiger partial charge in [-0.1, -0.05) is 23.8 Å². The summed E-state index contributed by atoms with van der Waals surface area (Å²) in [6, 6.07) is 7.43. The number of aromatic nitrogens is 4. The predicted molar refractivity (Wildman–Crippen MR) is 69.1 cm³/mol. The smallest absolute Gasteiger partial charge is 0.145 e. The third kappa shape index (κ3) is 1.73. The summed E-state index contributed by atoms with van der Waals surface area (Å²) in [5.74, 6) is 0. The molecule has 1 aromatic carbocycles. The summed E-state index contributed by atoms with van der Waals surface area (Å²) in [5, 5.41) is 5.82. The van der Waals surface area contributed by atoms with Gasteiger partial charge >= 0.3 is 0 Å². The lowest BCUT2D eigenvalue weighted by Crippen LogP contribution is -1.97. The van der Waals surface area contributed by atoms with Crippen molar-refractivity contribution in [2.75, 3.05) is 0 Å². The van der Waals surface area contributed by atoms with Crippen LogP contribution in [0.1, 0.15) is 0 Å². The van der Waals surface area contributed by atoms with Crippen LogP contribution in [0.15, 0.2) is 36.8 Å². The van der Waals surface area contributed by atoms with Gasteiger partial charge in [0, 0.05) is 5.02 Å². The summed E-state index contributed by atoms with van der Waals surface area (Å²) in [4.78, 5) is 7.06. The average Bonchev–Trinajstić information content (AvgIpc) is 2.75. The molecule has 0 saturated heterocycles. The first-order chi connectivity index (χ1) is 8.25. The summed E-state index contributed by atoms with van der Waals surface area (Å²) in [6.07, 6.45) is 3.27. The summed E-state index contributed by atoms with van der Waals surface area (Å²) in [5.41, 5.74) is 1.74. The van der Waals surface area contributed by atoms with Crippen molar-refractivity contribution in [1.82, 2.24) is 19.7 Å². The molecule has 0 saturated carbocycles. The van der Waals surface area contributed by atoms with Crippen molar-refractivity contribution in [2.45, 2.75) is 0 Å². The van der Waals surface area contributed by atoms with E-state index in [4.69, 9.17) is 23.8 Å². The third-order valence-corrected chi connectivity index (χ3v) is 3.03. The number of rotatable bonds is 1. The van der Waals surface area contributed by atoms with Gasteiger partial charge in [0.1, 0.15) is 10.3 Å². The molecule has 0 bridgehead atoms. The number of nitrogens with zero attached hydrogens (tertiary/aromatic N) is 3. The highest BCUT2D eigenvalue weighted by atomic mass is 35.5. The Bertz CT molecular complexity index is 729. The summed E-state index contributed by atoms with van der Waals surface area (Å²) in [7, 11) is 0. The van der Waals surface area contributed by atoms with Gasteiger partial charge in [0.25, 0.3) is 0 Å². The minimum absolute atomic E-state index is 0.541. The first-order valence-corrected chi connectivity index (χ1v) is 5.72. The first-order valence-electron chi connectivity index (χ1n) is 4.93. The number of H-pyrrole nitrogens is 1. The Morgan fingerprint density at radius 1 is 1.24 bits per heavy atom. The minimum Gasteiger partial charge on any atom is -0.330 e. The van der Waals surface area contributed by atoms with Crippen LogP contribution in [0.3, 0.4) is 0 Å². The largest absolute Gasteiger partial charge is 0.330 e. The van der Waals surface area contributed by atoms with Gasteiger partial charge in [-0.2, -0.15) is 5.10 Å². The monoisotopic (exact) mass is 262 g/mol. The van der Waals surface area contributed by atoms with Crippen LogP contribution in [-0.2, 0) is 0 Å². The minimum atomic E-state index is 0.541. The van der Waals surface area contributed by atoms with Crippen molar-refractivity contribution in [3.05, 3.63) is 46.5 Å².